The van der Waals surface area contributed by atoms with Crippen LogP contribution in [0.2, 0.25) is 0 Å². The Morgan fingerprint density at radius 3 is 1.79 bits per heavy atom. The lowest BCUT2D eigenvalue weighted by Gasteiger charge is -2.33. The highest BCUT2D eigenvalue weighted by atomic mass is 16.3. The molecule has 1 unspecified atom stereocenters. The van der Waals surface area contributed by atoms with Gasteiger partial charge in [0.2, 0.25) is 0 Å². The average molecular weight is 842 g/mol. The maximum Gasteiger partial charge on any atom is 0.143 e. The van der Waals surface area contributed by atoms with E-state index >= 15 is 0 Å². The molecule has 2 heteroatoms. The molecule has 10 aromatic carbocycles. The highest BCUT2D eigenvalue weighted by Crippen LogP contribution is 2.66. The van der Waals surface area contributed by atoms with Gasteiger partial charge in [0.15, 0.2) is 0 Å². The zero-order valence-corrected chi connectivity index (χ0v) is 36.7. The topological polar surface area (TPSA) is 16.4 Å². The fourth-order valence-electron chi connectivity index (χ4n) is 12.3. The summed E-state index contributed by atoms with van der Waals surface area (Å²) in [5.41, 5.74) is 24.8. The Balaban J connectivity index is 1.02. The van der Waals surface area contributed by atoms with Gasteiger partial charge in [-0.2, -0.15) is 0 Å². The summed E-state index contributed by atoms with van der Waals surface area (Å²) in [7, 11) is 0. The Hall–Kier alpha value is -8.20. The average Bonchev–Trinajstić information content (AvgIpc) is 4.07. The molecule has 1 spiro atoms. The van der Waals surface area contributed by atoms with Gasteiger partial charge in [0, 0.05) is 38.7 Å². The second kappa shape index (κ2) is 13.7. The summed E-state index contributed by atoms with van der Waals surface area (Å²) in [6.07, 6.45) is 0. The lowest BCUT2D eigenvalue weighted by atomic mass is 9.68. The second-order valence-corrected chi connectivity index (χ2v) is 18.7. The van der Waals surface area contributed by atoms with Crippen LogP contribution in [0, 0.1) is 0 Å². The first-order valence-corrected chi connectivity index (χ1v) is 23.1. The number of anilines is 3. The molecule has 0 aliphatic heterocycles. The van der Waals surface area contributed by atoms with Crippen molar-refractivity contribution in [3.8, 4) is 55.6 Å². The van der Waals surface area contributed by atoms with Crippen LogP contribution in [0.15, 0.2) is 229 Å². The largest absolute Gasteiger partial charge is 0.455 e. The normalized spacial score (nSPS) is 15.6. The van der Waals surface area contributed by atoms with Crippen molar-refractivity contribution < 1.29 is 4.42 Å². The summed E-state index contributed by atoms with van der Waals surface area (Å²) in [5, 5.41) is 2.30. The quantitative estimate of drug-likeness (QED) is 0.172. The molecule has 3 aliphatic rings. The summed E-state index contributed by atoms with van der Waals surface area (Å²) >= 11 is 0. The molecule has 1 aromatic heterocycles. The molecule has 310 valence electrons. The number of nitrogens with zero attached hydrogens (tertiary/aromatic N) is 1. The second-order valence-electron chi connectivity index (χ2n) is 18.7. The molecule has 1 heterocycles. The van der Waals surface area contributed by atoms with Gasteiger partial charge in [-0.15, -0.1) is 0 Å². The molecular weight excluding hydrogens is 799 g/mol. The molecule has 0 radical (unpaired) electrons. The Kier molecular flexibility index (Phi) is 7.70. The lowest BCUT2D eigenvalue weighted by molar-refractivity contribution is 0.660. The molecule has 0 saturated heterocycles. The molecule has 3 aliphatic carbocycles. The number of fused-ring (bicyclic) bond motifs is 17. The van der Waals surface area contributed by atoms with Crippen molar-refractivity contribution in [1.82, 2.24) is 0 Å². The zero-order valence-electron chi connectivity index (χ0n) is 36.7. The highest BCUT2D eigenvalue weighted by Gasteiger charge is 2.53. The molecule has 66 heavy (non-hydrogen) atoms. The summed E-state index contributed by atoms with van der Waals surface area (Å²) in [5.74, 6) is 0. The van der Waals surface area contributed by atoms with Crippen LogP contribution >= 0.6 is 0 Å². The number of hydrogen-bond donors (Lipinski definition) is 0. The summed E-state index contributed by atoms with van der Waals surface area (Å²) in [4.78, 5) is 2.48. The monoisotopic (exact) mass is 841 g/mol. The first-order chi connectivity index (χ1) is 32.5. The maximum absolute atomic E-state index is 6.87. The van der Waals surface area contributed by atoms with Crippen LogP contribution in [0.3, 0.4) is 0 Å². The molecule has 0 bridgehead atoms. The van der Waals surface area contributed by atoms with E-state index in [0.717, 1.165) is 39.0 Å². The van der Waals surface area contributed by atoms with Crippen molar-refractivity contribution in [2.75, 3.05) is 4.90 Å². The number of hydrogen-bond acceptors (Lipinski definition) is 2. The van der Waals surface area contributed by atoms with E-state index in [1.54, 1.807) is 0 Å². The number of furan rings is 1. The van der Waals surface area contributed by atoms with Gasteiger partial charge in [0.05, 0.1) is 11.1 Å². The van der Waals surface area contributed by atoms with Gasteiger partial charge in [-0.1, -0.05) is 202 Å². The first-order valence-electron chi connectivity index (χ1n) is 23.1. The molecule has 1 atom stereocenters. The number of rotatable bonds is 5. The highest BCUT2D eigenvalue weighted by molar-refractivity contribution is 6.13. The maximum atomic E-state index is 6.87. The molecule has 0 saturated carbocycles. The molecule has 0 amide bonds. The summed E-state index contributed by atoms with van der Waals surface area (Å²) in [6, 6.07) is 83.2. The van der Waals surface area contributed by atoms with E-state index in [1.165, 1.54) is 89.0 Å². The van der Waals surface area contributed by atoms with E-state index in [0.29, 0.717) is 0 Å². The Morgan fingerprint density at radius 1 is 0.364 bits per heavy atom. The smallest absolute Gasteiger partial charge is 0.143 e. The Labute approximate surface area is 384 Å². The van der Waals surface area contributed by atoms with Gasteiger partial charge in [0.1, 0.15) is 11.2 Å². The number of para-hydroxylation sites is 2. The third kappa shape index (κ3) is 4.91. The minimum absolute atomic E-state index is 0.149. The molecule has 0 fully saturated rings. The van der Waals surface area contributed by atoms with Crippen LogP contribution in [-0.2, 0) is 10.8 Å². The molecule has 0 N–H and O–H groups in total. The van der Waals surface area contributed by atoms with E-state index in [4.69, 9.17) is 4.42 Å². The standard InChI is InChI=1S/C64H43NO/c1-63(2)53-29-11-6-23-46(53)48-35-34-43(39-57(48)63)65(58-32-14-9-22-44(58)40-18-4-3-5-19-40)42-21-16-20-41(38-42)45-27-17-28-50-47-24-7-12-30-54(47)64(61(45)50)55-31-13-8-26-52(55)60-56(64)37-36-51-49-25-10-15-33-59(49)66-62(51)60/h3-39H,1-2H3. The van der Waals surface area contributed by atoms with E-state index in [1.807, 2.05) is 0 Å². The van der Waals surface area contributed by atoms with E-state index < -0.39 is 5.41 Å². The van der Waals surface area contributed by atoms with Crippen LogP contribution in [-0.4, -0.2) is 0 Å². The summed E-state index contributed by atoms with van der Waals surface area (Å²) in [6.45, 7) is 4.74. The fourth-order valence-corrected chi connectivity index (χ4v) is 12.3. The van der Waals surface area contributed by atoms with Crippen molar-refractivity contribution >= 4 is 39.0 Å². The predicted octanol–water partition coefficient (Wildman–Crippen LogP) is 17.0. The van der Waals surface area contributed by atoms with Crippen molar-refractivity contribution in [3.63, 3.8) is 0 Å². The van der Waals surface area contributed by atoms with Crippen LogP contribution in [0.5, 0.6) is 0 Å². The van der Waals surface area contributed by atoms with Crippen molar-refractivity contribution in [1.29, 1.82) is 0 Å². The molecular formula is C64H43NO. The number of benzene rings is 10. The van der Waals surface area contributed by atoms with Crippen LogP contribution < -0.4 is 4.90 Å². The van der Waals surface area contributed by atoms with E-state index in [9.17, 15) is 0 Å². The van der Waals surface area contributed by atoms with Gasteiger partial charge in [-0.05, 0) is 114 Å². The Morgan fingerprint density at radius 2 is 0.955 bits per heavy atom. The van der Waals surface area contributed by atoms with Gasteiger partial charge in [-0.25, -0.2) is 0 Å². The van der Waals surface area contributed by atoms with Crippen molar-refractivity contribution in [2.45, 2.75) is 24.7 Å². The minimum Gasteiger partial charge on any atom is -0.455 e. The summed E-state index contributed by atoms with van der Waals surface area (Å²) < 4.78 is 6.87. The van der Waals surface area contributed by atoms with Gasteiger partial charge < -0.3 is 9.32 Å². The van der Waals surface area contributed by atoms with Crippen molar-refractivity contribution in [2.24, 2.45) is 0 Å². The predicted molar refractivity (Wildman–Crippen MR) is 273 cm³/mol. The van der Waals surface area contributed by atoms with E-state index in [-0.39, 0.29) is 5.41 Å². The van der Waals surface area contributed by atoms with Crippen molar-refractivity contribution in [3.05, 3.63) is 258 Å². The third-order valence-electron chi connectivity index (χ3n) is 15.1. The first kappa shape index (κ1) is 37.2. The van der Waals surface area contributed by atoms with Crippen LogP contribution in [0.25, 0.3) is 77.6 Å². The third-order valence-corrected chi connectivity index (χ3v) is 15.1. The van der Waals surface area contributed by atoms with Gasteiger partial charge in [-0.3, -0.25) is 0 Å². The lowest BCUT2D eigenvalue weighted by Crippen LogP contribution is -2.26. The van der Waals surface area contributed by atoms with Crippen LogP contribution in [0.1, 0.15) is 47.2 Å². The molecule has 2 nitrogen and oxygen atoms in total. The fraction of sp³-hybridized carbons (Fsp3) is 0.0625. The SMILES string of the molecule is CC1(C)c2ccccc2-c2ccc(N(c3cccc(-c4cccc5c4C4(c6ccccc6-5)c5ccccc5-c5c4ccc4c5oc5ccccc54)c3)c3ccccc3-c3ccccc3)cc21. The minimum atomic E-state index is -0.572. The van der Waals surface area contributed by atoms with E-state index in [2.05, 4.69) is 243 Å². The zero-order chi connectivity index (χ0) is 43.7. The van der Waals surface area contributed by atoms with Crippen LogP contribution in [0.4, 0.5) is 17.1 Å². The molecule has 11 aromatic rings. The van der Waals surface area contributed by atoms with Gasteiger partial charge in [0.25, 0.3) is 0 Å². The molecule has 14 rings (SSSR count). The van der Waals surface area contributed by atoms with Gasteiger partial charge >= 0.3 is 0 Å². The Bertz CT molecular complexity index is 3810.